The van der Waals surface area contributed by atoms with Gasteiger partial charge in [0.05, 0.1) is 4.90 Å². The molecule has 1 saturated heterocycles. The molecular formula is C19H24ClN3O3S. The van der Waals surface area contributed by atoms with Crippen LogP contribution < -0.4 is 10.0 Å². The lowest BCUT2D eigenvalue weighted by atomic mass is 10.1. The first-order valence-corrected chi connectivity index (χ1v) is 10.1. The predicted octanol–water partition coefficient (Wildman–Crippen LogP) is 1.94. The number of carbonyl (C=O) groups is 1. The Labute approximate surface area is 166 Å². The zero-order valence-electron chi connectivity index (χ0n) is 15.1. The Hall–Kier alpha value is -1.93. The minimum atomic E-state index is -3.70. The Bertz CT molecular complexity index is 882. The van der Waals surface area contributed by atoms with Gasteiger partial charge in [-0.3, -0.25) is 4.79 Å². The SMILES string of the molecule is Cc1ccc(S(=O)(=O)NCc2ccccc2)cc1C(=O)N1CCNCC1.Cl. The molecule has 2 aromatic carbocycles. The second-order valence-corrected chi connectivity index (χ2v) is 8.10. The Morgan fingerprint density at radius 3 is 2.44 bits per heavy atom. The van der Waals surface area contributed by atoms with Crippen molar-refractivity contribution in [2.45, 2.75) is 18.4 Å². The van der Waals surface area contributed by atoms with Gasteiger partial charge in [-0.1, -0.05) is 36.4 Å². The summed E-state index contributed by atoms with van der Waals surface area (Å²) in [5.74, 6) is -0.121. The summed E-state index contributed by atoms with van der Waals surface area (Å²) < 4.78 is 27.8. The number of hydrogen-bond acceptors (Lipinski definition) is 4. The fourth-order valence-corrected chi connectivity index (χ4v) is 3.94. The number of sulfonamides is 1. The highest BCUT2D eigenvalue weighted by molar-refractivity contribution is 7.89. The number of rotatable bonds is 5. The number of nitrogens with one attached hydrogen (secondary N) is 2. The minimum Gasteiger partial charge on any atom is -0.336 e. The maximum absolute atomic E-state index is 12.8. The van der Waals surface area contributed by atoms with E-state index in [1.165, 1.54) is 12.1 Å². The van der Waals surface area contributed by atoms with E-state index in [-0.39, 0.29) is 29.8 Å². The van der Waals surface area contributed by atoms with Crippen molar-refractivity contribution in [1.82, 2.24) is 14.9 Å². The molecule has 0 spiro atoms. The summed E-state index contributed by atoms with van der Waals surface area (Å²) in [7, 11) is -3.70. The lowest BCUT2D eigenvalue weighted by molar-refractivity contribution is 0.0735. The molecule has 6 nitrogen and oxygen atoms in total. The van der Waals surface area contributed by atoms with Crippen LogP contribution in [-0.4, -0.2) is 45.4 Å². The standard InChI is InChI=1S/C19H23N3O3S.ClH/c1-15-7-8-17(13-18(15)19(23)22-11-9-20-10-12-22)26(24,25)21-14-16-5-3-2-4-6-16;/h2-8,13,20-21H,9-12,14H2,1H3;1H. The van der Waals surface area contributed by atoms with E-state index in [1.54, 1.807) is 11.0 Å². The fraction of sp³-hybridized carbons (Fsp3) is 0.316. The van der Waals surface area contributed by atoms with Crippen LogP contribution in [0, 0.1) is 6.92 Å². The zero-order chi connectivity index (χ0) is 18.6. The zero-order valence-corrected chi connectivity index (χ0v) is 16.8. The number of carbonyl (C=O) groups excluding carboxylic acids is 1. The van der Waals surface area contributed by atoms with Crippen molar-refractivity contribution in [2.75, 3.05) is 26.2 Å². The van der Waals surface area contributed by atoms with Gasteiger partial charge in [0.15, 0.2) is 0 Å². The molecule has 0 aliphatic carbocycles. The first-order chi connectivity index (χ1) is 12.5. The molecule has 8 heteroatoms. The summed E-state index contributed by atoms with van der Waals surface area (Å²) >= 11 is 0. The van der Waals surface area contributed by atoms with Crippen molar-refractivity contribution in [3.63, 3.8) is 0 Å². The lowest BCUT2D eigenvalue weighted by Gasteiger charge is -2.28. The van der Waals surface area contributed by atoms with Gasteiger partial charge in [0, 0.05) is 38.3 Å². The van der Waals surface area contributed by atoms with Gasteiger partial charge in [-0.25, -0.2) is 13.1 Å². The molecule has 1 aliphatic heterocycles. The number of nitrogens with zero attached hydrogens (tertiary/aromatic N) is 1. The molecule has 1 heterocycles. The van der Waals surface area contributed by atoms with E-state index >= 15 is 0 Å². The molecule has 0 atom stereocenters. The molecule has 27 heavy (non-hydrogen) atoms. The van der Waals surface area contributed by atoms with Crippen molar-refractivity contribution in [3.05, 3.63) is 65.2 Å². The Balaban J connectivity index is 0.00000261. The molecule has 1 fully saturated rings. The van der Waals surface area contributed by atoms with Crippen LogP contribution in [0.2, 0.25) is 0 Å². The molecule has 0 saturated carbocycles. The summed E-state index contributed by atoms with van der Waals surface area (Å²) in [5, 5.41) is 3.20. The average molecular weight is 410 g/mol. The molecule has 3 rings (SSSR count). The van der Waals surface area contributed by atoms with E-state index in [1.807, 2.05) is 37.3 Å². The smallest absolute Gasteiger partial charge is 0.254 e. The van der Waals surface area contributed by atoms with Gasteiger partial charge >= 0.3 is 0 Å². The normalized spacial score (nSPS) is 14.5. The van der Waals surface area contributed by atoms with E-state index in [4.69, 9.17) is 0 Å². The molecule has 1 amide bonds. The highest BCUT2D eigenvalue weighted by Crippen LogP contribution is 2.18. The third kappa shape index (κ3) is 5.29. The van der Waals surface area contributed by atoms with E-state index in [9.17, 15) is 13.2 Å². The van der Waals surface area contributed by atoms with Crippen LogP contribution in [0.4, 0.5) is 0 Å². The molecule has 0 aromatic heterocycles. The van der Waals surface area contributed by atoms with Crippen LogP contribution >= 0.6 is 12.4 Å². The Kier molecular flexibility index (Phi) is 7.38. The van der Waals surface area contributed by atoms with Crippen LogP contribution in [0.3, 0.4) is 0 Å². The second-order valence-electron chi connectivity index (χ2n) is 6.33. The van der Waals surface area contributed by atoms with Crippen LogP contribution in [0.15, 0.2) is 53.4 Å². The molecular weight excluding hydrogens is 386 g/mol. The van der Waals surface area contributed by atoms with Crippen molar-refractivity contribution in [3.8, 4) is 0 Å². The molecule has 0 bridgehead atoms. The molecule has 2 aromatic rings. The molecule has 146 valence electrons. The van der Waals surface area contributed by atoms with Crippen LogP contribution in [-0.2, 0) is 16.6 Å². The first-order valence-electron chi connectivity index (χ1n) is 8.61. The largest absolute Gasteiger partial charge is 0.336 e. The molecule has 2 N–H and O–H groups in total. The van der Waals surface area contributed by atoms with Crippen molar-refractivity contribution >= 4 is 28.3 Å². The third-order valence-corrected chi connectivity index (χ3v) is 5.86. The topological polar surface area (TPSA) is 78.5 Å². The van der Waals surface area contributed by atoms with E-state index in [0.29, 0.717) is 18.7 Å². The summed E-state index contributed by atoms with van der Waals surface area (Å²) in [6.45, 7) is 4.78. The maximum Gasteiger partial charge on any atom is 0.254 e. The van der Waals surface area contributed by atoms with Crippen LogP contribution in [0.25, 0.3) is 0 Å². The number of benzene rings is 2. The number of aryl methyl sites for hydroxylation is 1. The first kappa shape index (κ1) is 21.4. The minimum absolute atomic E-state index is 0. The monoisotopic (exact) mass is 409 g/mol. The lowest BCUT2D eigenvalue weighted by Crippen LogP contribution is -2.46. The fourth-order valence-electron chi connectivity index (χ4n) is 2.89. The molecule has 0 unspecified atom stereocenters. The molecule has 0 radical (unpaired) electrons. The number of amides is 1. The maximum atomic E-state index is 12.8. The summed E-state index contributed by atoms with van der Waals surface area (Å²) in [4.78, 5) is 14.6. The van der Waals surface area contributed by atoms with Gasteiger partial charge in [-0.2, -0.15) is 0 Å². The Morgan fingerprint density at radius 1 is 1.11 bits per heavy atom. The van der Waals surface area contributed by atoms with E-state index < -0.39 is 10.0 Å². The van der Waals surface area contributed by atoms with Gasteiger partial charge in [-0.15, -0.1) is 12.4 Å². The van der Waals surface area contributed by atoms with Crippen LogP contribution in [0.1, 0.15) is 21.5 Å². The average Bonchev–Trinajstić information content (AvgIpc) is 2.68. The number of hydrogen-bond donors (Lipinski definition) is 2. The van der Waals surface area contributed by atoms with Crippen LogP contribution in [0.5, 0.6) is 0 Å². The van der Waals surface area contributed by atoms with Gasteiger partial charge in [-0.05, 0) is 30.2 Å². The molecule has 1 aliphatic rings. The Morgan fingerprint density at radius 2 is 1.78 bits per heavy atom. The highest BCUT2D eigenvalue weighted by atomic mass is 35.5. The van der Waals surface area contributed by atoms with E-state index in [0.717, 1.165) is 24.2 Å². The van der Waals surface area contributed by atoms with Crippen molar-refractivity contribution < 1.29 is 13.2 Å². The summed E-state index contributed by atoms with van der Waals surface area (Å²) in [5.41, 5.74) is 2.09. The van der Waals surface area contributed by atoms with Crippen molar-refractivity contribution in [2.24, 2.45) is 0 Å². The quantitative estimate of drug-likeness (QED) is 0.791. The van der Waals surface area contributed by atoms with Gasteiger partial charge in [0.2, 0.25) is 10.0 Å². The summed E-state index contributed by atoms with van der Waals surface area (Å²) in [6, 6.07) is 14.0. The van der Waals surface area contributed by atoms with E-state index in [2.05, 4.69) is 10.0 Å². The summed E-state index contributed by atoms with van der Waals surface area (Å²) in [6.07, 6.45) is 0. The second kappa shape index (κ2) is 9.32. The van der Waals surface area contributed by atoms with Gasteiger partial charge in [0.1, 0.15) is 0 Å². The predicted molar refractivity (Wildman–Crippen MR) is 108 cm³/mol. The highest BCUT2D eigenvalue weighted by Gasteiger charge is 2.22. The third-order valence-electron chi connectivity index (χ3n) is 4.46. The van der Waals surface area contributed by atoms with Gasteiger partial charge in [0.25, 0.3) is 5.91 Å². The number of halogens is 1. The van der Waals surface area contributed by atoms with Crippen molar-refractivity contribution in [1.29, 1.82) is 0 Å². The number of piperazine rings is 1. The van der Waals surface area contributed by atoms with Gasteiger partial charge < -0.3 is 10.2 Å².